The quantitative estimate of drug-likeness (QED) is 0.852. The van der Waals surface area contributed by atoms with Gasteiger partial charge in [0, 0.05) is 31.2 Å². The molecule has 16 heavy (non-hydrogen) atoms. The standard InChI is InChI=1S/C11H18N4.ClH/c1-9(11-7-13-4-5-14-11)15-6-2-3-10(12)8-15;/h4-5,7,9-10H,2-3,6,8,12H2,1H3;1H. The van der Waals surface area contributed by atoms with Crippen molar-refractivity contribution in [2.24, 2.45) is 5.73 Å². The van der Waals surface area contributed by atoms with Crippen LogP contribution in [0.3, 0.4) is 0 Å². The Morgan fingerprint density at radius 2 is 2.31 bits per heavy atom. The maximum absolute atomic E-state index is 5.96. The number of nitrogens with two attached hydrogens (primary N) is 1. The highest BCUT2D eigenvalue weighted by molar-refractivity contribution is 5.85. The molecule has 0 saturated carbocycles. The summed E-state index contributed by atoms with van der Waals surface area (Å²) in [7, 11) is 0. The Labute approximate surface area is 103 Å². The molecule has 1 fully saturated rings. The monoisotopic (exact) mass is 242 g/mol. The van der Waals surface area contributed by atoms with Crippen molar-refractivity contribution in [3.8, 4) is 0 Å². The van der Waals surface area contributed by atoms with Crippen LogP contribution in [0.25, 0.3) is 0 Å². The molecule has 2 unspecified atom stereocenters. The molecule has 4 nitrogen and oxygen atoms in total. The molecule has 2 atom stereocenters. The first-order valence-corrected chi connectivity index (χ1v) is 5.53. The zero-order valence-corrected chi connectivity index (χ0v) is 10.4. The van der Waals surface area contributed by atoms with Crippen molar-refractivity contribution < 1.29 is 0 Å². The van der Waals surface area contributed by atoms with Crippen molar-refractivity contribution in [3.63, 3.8) is 0 Å². The predicted molar refractivity (Wildman–Crippen MR) is 66.5 cm³/mol. The van der Waals surface area contributed by atoms with Crippen molar-refractivity contribution in [3.05, 3.63) is 24.3 Å². The topological polar surface area (TPSA) is 55.0 Å². The van der Waals surface area contributed by atoms with Crippen molar-refractivity contribution in [1.82, 2.24) is 14.9 Å². The van der Waals surface area contributed by atoms with E-state index in [1.807, 2.05) is 6.20 Å². The Kier molecular flexibility index (Phi) is 5.12. The summed E-state index contributed by atoms with van der Waals surface area (Å²) in [4.78, 5) is 10.8. The van der Waals surface area contributed by atoms with Crippen LogP contribution in [0.4, 0.5) is 0 Å². The molecule has 0 spiro atoms. The normalized spacial score (nSPS) is 23.5. The van der Waals surface area contributed by atoms with Crippen LogP contribution in [-0.2, 0) is 0 Å². The summed E-state index contributed by atoms with van der Waals surface area (Å²) >= 11 is 0. The minimum atomic E-state index is 0. The lowest BCUT2D eigenvalue weighted by Gasteiger charge is -2.34. The fourth-order valence-electron chi connectivity index (χ4n) is 2.11. The summed E-state index contributed by atoms with van der Waals surface area (Å²) in [6.45, 7) is 4.26. The van der Waals surface area contributed by atoms with Gasteiger partial charge in [-0.15, -0.1) is 12.4 Å². The summed E-state index contributed by atoms with van der Waals surface area (Å²) in [6.07, 6.45) is 7.62. The third-order valence-corrected chi connectivity index (χ3v) is 3.05. The van der Waals surface area contributed by atoms with Crippen LogP contribution in [0.5, 0.6) is 0 Å². The van der Waals surface area contributed by atoms with Gasteiger partial charge in [0.2, 0.25) is 0 Å². The fourth-order valence-corrected chi connectivity index (χ4v) is 2.11. The van der Waals surface area contributed by atoms with E-state index in [2.05, 4.69) is 21.8 Å². The van der Waals surface area contributed by atoms with Crippen LogP contribution in [0.15, 0.2) is 18.6 Å². The second-order valence-corrected chi connectivity index (χ2v) is 4.20. The number of piperidine rings is 1. The Balaban J connectivity index is 0.00000128. The molecule has 2 rings (SSSR count). The predicted octanol–water partition coefficient (Wildman–Crippen LogP) is 1.38. The summed E-state index contributed by atoms with van der Waals surface area (Å²) in [5.74, 6) is 0. The minimum Gasteiger partial charge on any atom is -0.327 e. The first kappa shape index (κ1) is 13.4. The van der Waals surface area contributed by atoms with Crippen LogP contribution in [0, 0.1) is 0 Å². The molecular weight excluding hydrogens is 224 g/mol. The van der Waals surface area contributed by atoms with Crippen molar-refractivity contribution in [2.45, 2.75) is 31.8 Å². The van der Waals surface area contributed by atoms with Crippen molar-refractivity contribution >= 4 is 12.4 Å². The molecule has 2 heterocycles. The van der Waals surface area contributed by atoms with Crippen LogP contribution < -0.4 is 5.73 Å². The summed E-state index contributed by atoms with van der Waals surface area (Å²) < 4.78 is 0. The van der Waals surface area contributed by atoms with Gasteiger partial charge in [0.05, 0.1) is 11.7 Å². The smallest absolute Gasteiger partial charge is 0.0755 e. The highest BCUT2D eigenvalue weighted by Gasteiger charge is 2.22. The van der Waals surface area contributed by atoms with Gasteiger partial charge in [0.25, 0.3) is 0 Å². The van der Waals surface area contributed by atoms with Gasteiger partial charge in [0.15, 0.2) is 0 Å². The van der Waals surface area contributed by atoms with Gasteiger partial charge >= 0.3 is 0 Å². The molecule has 0 aromatic carbocycles. The zero-order chi connectivity index (χ0) is 10.7. The van der Waals surface area contributed by atoms with E-state index in [0.29, 0.717) is 12.1 Å². The molecule has 0 bridgehead atoms. The van der Waals surface area contributed by atoms with Crippen LogP contribution in [-0.4, -0.2) is 34.0 Å². The Morgan fingerprint density at radius 1 is 1.50 bits per heavy atom. The van der Waals surface area contributed by atoms with Gasteiger partial charge in [-0.2, -0.15) is 0 Å². The number of hydrogen-bond acceptors (Lipinski definition) is 4. The largest absolute Gasteiger partial charge is 0.327 e. The fraction of sp³-hybridized carbons (Fsp3) is 0.636. The van der Waals surface area contributed by atoms with Gasteiger partial charge in [-0.3, -0.25) is 14.9 Å². The first-order valence-electron chi connectivity index (χ1n) is 5.53. The Bertz CT molecular complexity index is 306. The van der Waals surface area contributed by atoms with Gasteiger partial charge in [-0.05, 0) is 26.3 Å². The van der Waals surface area contributed by atoms with E-state index < -0.39 is 0 Å². The molecule has 1 aliphatic rings. The molecule has 1 aromatic rings. The molecule has 1 saturated heterocycles. The van der Waals surface area contributed by atoms with Crippen molar-refractivity contribution in [2.75, 3.05) is 13.1 Å². The third kappa shape index (κ3) is 3.14. The zero-order valence-electron chi connectivity index (χ0n) is 9.54. The van der Waals surface area contributed by atoms with Gasteiger partial charge in [0.1, 0.15) is 0 Å². The lowest BCUT2D eigenvalue weighted by molar-refractivity contribution is 0.157. The van der Waals surface area contributed by atoms with E-state index in [1.54, 1.807) is 12.4 Å². The van der Waals surface area contributed by atoms with E-state index in [9.17, 15) is 0 Å². The average molecular weight is 243 g/mol. The van der Waals surface area contributed by atoms with Gasteiger partial charge < -0.3 is 5.73 Å². The first-order chi connectivity index (χ1) is 7.27. The molecular formula is C11H19ClN4. The minimum absolute atomic E-state index is 0. The number of likely N-dealkylation sites (tertiary alicyclic amines) is 1. The molecule has 1 aliphatic heterocycles. The summed E-state index contributed by atoms with van der Waals surface area (Å²) in [6, 6.07) is 0.642. The van der Waals surface area contributed by atoms with E-state index in [4.69, 9.17) is 5.73 Å². The SMILES string of the molecule is CC(c1cnccn1)N1CCCC(N)C1.Cl. The van der Waals surface area contributed by atoms with Crippen LogP contribution in [0.1, 0.15) is 31.5 Å². The molecule has 90 valence electrons. The number of hydrogen-bond donors (Lipinski definition) is 1. The van der Waals surface area contributed by atoms with E-state index in [-0.39, 0.29) is 12.4 Å². The van der Waals surface area contributed by atoms with Crippen LogP contribution >= 0.6 is 12.4 Å². The third-order valence-electron chi connectivity index (χ3n) is 3.05. The lowest BCUT2D eigenvalue weighted by atomic mass is 10.0. The molecule has 1 aromatic heterocycles. The van der Waals surface area contributed by atoms with E-state index >= 15 is 0 Å². The Hall–Kier alpha value is -0.710. The molecule has 5 heteroatoms. The maximum Gasteiger partial charge on any atom is 0.0755 e. The van der Waals surface area contributed by atoms with E-state index in [1.165, 1.54) is 6.42 Å². The van der Waals surface area contributed by atoms with Crippen LogP contribution in [0.2, 0.25) is 0 Å². The number of aromatic nitrogens is 2. The second-order valence-electron chi connectivity index (χ2n) is 4.20. The molecule has 0 radical (unpaired) electrons. The summed E-state index contributed by atoms with van der Waals surface area (Å²) in [5.41, 5.74) is 7.00. The molecule has 2 N–H and O–H groups in total. The molecule has 0 aliphatic carbocycles. The number of rotatable bonds is 2. The second kappa shape index (κ2) is 6.13. The molecule has 0 amide bonds. The maximum atomic E-state index is 5.96. The number of nitrogens with zero attached hydrogens (tertiary/aromatic N) is 3. The highest BCUT2D eigenvalue weighted by atomic mass is 35.5. The van der Waals surface area contributed by atoms with Gasteiger partial charge in [-0.1, -0.05) is 0 Å². The lowest BCUT2D eigenvalue weighted by Crippen LogP contribution is -2.43. The summed E-state index contributed by atoms with van der Waals surface area (Å²) in [5, 5.41) is 0. The Morgan fingerprint density at radius 3 is 2.94 bits per heavy atom. The average Bonchev–Trinajstić information content (AvgIpc) is 2.29. The van der Waals surface area contributed by atoms with Crippen molar-refractivity contribution in [1.29, 1.82) is 0 Å². The number of halogens is 1. The van der Waals surface area contributed by atoms with E-state index in [0.717, 1.165) is 25.2 Å². The van der Waals surface area contributed by atoms with Gasteiger partial charge in [-0.25, -0.2) is 0 Å². The highest BCUT2D eigenvalue weighted by Crippen LogP contribution is 2.21.